The molecule has 1 fully saturated rings. The Hall–Kier alpha value is -0.490. The van der Waals surface area contributed by atoms with E-state index in [4.69, 9.17) is 0 Å². The van der Waals surface area contributed by atoms with Crippen molar-refractivity contribution < 1.29 is 5.11 Å². The highest BCUT2D eigenvalue weighted by molar-refractivity contribution is 9.10. The molecule has 1 aliphatic heterocycles. The van der Waals surface area contributed by atoms with Crippen molar-refractivity contribution in [3.63, 3.8) is 0 Å². The molecule has 1 aliphatic rings. The van der Waals surface area contributed by atoms with E-state index in [1.807, 2.05) is 12.1 Å². The van der Waals surface area contributed by atoms with Gasteiger partial charge < -0.3 is 10.0 Å². The lowest BCUT2D eigenvalue weighted by Gasteiger charge is -2.31. The first-order valence-corrected chi connectivity index (χ1v) is 7.53. The first-order valence-electron chi connectivity index (χ1n) is 6.73. The van der Waals surface area contributed by atoms with Gasteiger partial charge in [0.25, 0.3) is 0 Å². The van der Waals surface area contributed by atoms with Crippen LogP contribution >= 0.6 is 15.9 Å². The molecule has 1 aromatic heterocycles. The van der Waals surface area contributed by atoms with Gasteiger partial charge in [0.1, 0.15) is 0 Å². The maximum absolute atomic E-state index is 10.5. The molecule has 0 saturated carbocycles. The van der Waals surface area contributed by atoms with Crippen LogP contribution in [0.15, 0.2) is 22.8 Å². The number of hydrogen-bond acceptors (Lipinski definition) is 4. The third kappa shape index (κ3) is 4.24. The topological polar surface area (TPSA) is 39.6 Å². The van der Waals surface area contributed by atoms with Gasteiger partial charge in [-0.05, 0) is 61.7 Å². The van der Waals surface area contributed by atoms with Crippen molar-refractivity contribution in [2.75, 3.05) is 33.7 Å². The molecule has 2 heterocycles. The number of rotatable bonds is 3. The van der Waals surface area contributed by atoms with E-state index in [1.54, 1.807) is 6.20 Å². The molecule has 2 atom stereocenters. The van der Waals surface area contributed by atoms with Crippen LogP contribution < -0.4 is 0 Å². The molecule has 0 bridgehead atoms. The number of nitrogens with zero attached hydrogens (tertiary/aromatic N) is 3. The number of pyridine rings is 1. The second-order valence-electron chi connectivity index (χ2n) is 5.40. The second kappa shape index (κ2) is 6.79. The summed E-state index contributed by atoms with van der Waals surface area (Å²) in [5, 5.41) is 10.5. The van der Waals surface area contributed by atoms with E-state index in [1.165, 1.54) is 0 Å². The van der Waals surface area contributed by atoms with Crippen LogP contribution in [0.25, 0.3) is 0 Å². The minimum atomic E-state index is -0.376. The van der Waals surface area contributed by atoms with Gasteiger partial charge in [0, 0.05) is 35.4 Å². The Balaban J connectivity index is 2.00. The number of likely N-dealkylation sites (N-methyl/N-ethyl adjacent to an activating group) is 2. The Bertz CT molecular complexity index is 398. The molecule has 0 aliphatic carbocycles. The van der Waals surface area contributed by atoms with Crippen molar-refractivity contribution in [3.8, 4) is 0 Å². The van der Waals surface area contributed by atoms with Gasteiger partial charge in [-0.1, -0.05) is 0 Å². The molecule has 4 nitrogen and oxygen atoms in total. The highest BCUT2D eigenvalue weighted by Gasteiger charge is 2.27. The summed E-state index contributed by atoms with van der Waals surface area (Å²) in [6, 6.07) is 4.11. The number of hydrogen-bond donors (Lipinski definition) is 1. The molecule has 5 heteroatoms. The lowest BCUT2D eigenvalue weighted by atomic mass is 10.0. The van der Waals surface area contributed by atoms with Gasteiger partial charge in [-0.15, -0.1) is 0 Å². The van der Waals surface area contributed by atoms with E-state index in [2.05, 4.69) is 44.8 Å². The Morgan fingerprint density at radius 3 is 2.89 bits per heavy atom. The van der Waals surface area contributed by atoms with Crippen LogP contribution in [0.5, 0.6) is 0 Å². The zero-order chi connectivity index (χ0) is 13.8. The van der Waals surface area contributed by atoms with Crippen LogP contribution in [0.1, 0.15) is 12.1 Å². The van der Waals surface area contributed by atoms with Crippen molar-refractivity contribution in [2.24, 2.45) is 0 Å². The number of halogens is 1. The quantitative estimate of drug-likeness (QED) is 0.910. The number of aromatic nitrogens is 1. The van der Waals surface area contributed by atoms with E-state index in [0.717, 1.165) is 36.2 Å². The predicted octanol–water partition coefficient (Wildman–Crippen LogP) is 1.38. The Morgan fingerprint density at radius 1 is 1.42 bits per heavy atom. The van der Waals surface area contributed by atoms with E-state index < -0.39 is 0 Å². The molecule has 106 valence electrons. The van der Waals surface area contributed by atoms with Gasteiger partial charge in [0.2, 0.25) is 0 Å². The van der Waals surface area contributed by atoms with Crippen molar-refractivity contribution in [2.45, 2.75) is 25.0 Å². The summed E-state index contributed by atoms with van der Waals surface area (Å²) in [6.07, 6.45) is 3.17. The van der Waals surface area contributed by atoms with Crippen LogP contribution in [-0.2, 0) is 6.42 Å². The Kier molecular flexibility index (Phi) is 5.33. The van der Waals surface area contributed by atoms with Gasteiger partial charge in [0.05, 0.1) is 6.10 Å². The van der Waals surface area contributed by atoms with Gasteiger partial charge in [-0.25, -0.2) is 0 Å². The molecule has 2 unspecified atom stereocenters. The average molecular weight is 328 g/mol. The molecular weight excluding hydrogens is 306 g/mol. The molecule has 1 N–H and O–H groups in total. The van der Waals surface area contributed by atoms with E-state index >= 15 is 0 Å². The third-order valence-corrected chi connectivity index (χ3v) is 4.24. The van der Waals surface area contributed by atoms with Crippen LogP contribution in [0.3, 0.4) is 0 Å². The molecule has 1 saturated heterocycles. The largest absolute Gasteiger partial charge is 0.391 e. The third-order valence-electron chi connectivity index (χ3n) is 3.77. The standard InChI is InChI=1S/C14H22BrN3O/c1-17-6-3-7-18(2)13(10-17)14(19)8-12-5-4-11(15)9-16-12/h4-5,9,13-14,19H,3,6-8,10H2,1-2H3. The maximum Gasteiger partial charge on any atom is 0.0763 e. The highest BCUT2D eigenvalue weighted by Crippen LogP contribution is 2.15. The number of aliphatic hydroxyl groups excluding tert-OH is 1. The summed E-state index contributed by atoms with van der Waals surface area (Å²) in [5.41, 5.74) is 0.941. The fourth-order valence-corrected chi connectivity index (χ4v) is 2.83. The van der Waals surface area contributed by atoms with Crippen molar-refractivity contribution in [3.05, 3.63) is 28.5 Å². The second-order valence-corrected chi connectivity index (χ2v) is 6.32. The lowest BCUT2D eigenvalue weighted by Crippen LogP contribution is -2.47. The minimum Gasteiger partial charge on any atom is -0.391 e. The van der Waals surface area contributed by atoms with Crippen molar-refractivity contribution >= 4 is 15.9 Å². The average Bonchev–Trinajstić information content (AvgIpc) is 2.54. The van der Waals surface area contributed by atoms with Gasteiger partial charge >= 0.3 is 0 Å². The zero-order valence-electron chi connectivity index (χ0n) is 11.6. The molecule has 0 radical (unpaired) electrons. The molecule has 0 aromatic carbocycles. The monoisotopic (exact) mass is 327 g/mol. The number of aliphatic hydroxyl groups is 1. The van der Waals surface area contributed by atoms with Crippen molar-refractivity contribution in [1.29, 1.82) is 0 Å². The molecule has 2 rings (SSSR count). The smallest absolute Gasteiger partial charge is 0.0763 e. The Labute approximate surface area is 123 Å². The van der Waals surface area contributed by atoms with Gasteiger partial charge in [-0.3, -0.25) is 9.88 Å². The van der Waals surface area contributed by atoms with E-state index in [-0.39, 0.29) is 12.1 Å². The summed E-state index contributed by atoms with van der Waals surface area (Å²) in [7, 11) is 4.22. The van der Waals surface area contributed by atoms with Crippen molar-refractivity contribution in [1.82, 2.24) is 14.8 Å². The summed E-state index contributed by atoms with van der Waals surface area (Å²) >= 11 is 3.38. The highest BCUT2D eigenvalue weighted by atomic mass is 79.9. The van der Waals surface area contributed by atoms with E-state index in [0.29, 0.717) is 6.42 Å². The first kappa shape index (κ1) is 14.9. The maximum atomic E-state index is 10.5. The zero-order valence-corrected chi connectivity index (χ0v) is 13.2. The van der Waals surface area contributed by atoms with Crippen LogP contribution in [0, 0.1) is 0 Å². The van der Waals surface area contributed by atoms with Crippen LogP contribution in [0.4, 0.5) is 0 Å². The SMILES string of the molecule is CN1CCCN(C)C(C(O)Cc2ccc(Br)cn2)C1. The van der Waals surface area contributed by atoms with E-state index in [9.17, 15) is 5.11 Å². The fraction of sp³-hybridized carbons (Fsp3) is 0.643. The molecule has 1 aromatic rings. The predicted molar refractivity (Wildman–Crippen MR) is 80.2 cm³/mol. The first-order chi connectivity index (χ1) is 9.06. The molecule has 19 heavy (non-hydrogen) atoms. The minimum absolute atomic E-state index is 0.179. The summed E-state index contributed by atoms with van der Waals surface area (Å²) in [5.74, 6) is 0. The molecular formula is C14H22BrN3O. The van der Waals surface area contributed by atoms with Gasteiger partial charge in [-0.2, -0.15) is 0 Å². The summed E-state index contributed by atoms with van der Waals surface area (Å²) in [4.78, 5) is 8.91. The van der Waals surface area contributed by atoms with Crippen LogP contribution in [-0.4, -0.2) is 65.8 Å². The Morgan fingerprint density at radius 2 is 2.21 bits per heavy atom. The summed E-state index contributed by atoms with van der Waals surface area (Å²) in [6.45, 7) is 3.05. The van der Waals surface area contributed by atoms with Crippen LogP contribution in [0.2, 0.25) is 0 Å². The lowest BCUT2D eigenvalue weighted by molar-refractivity contribution is 0.0575. The van der Waals surface area contributed by atoms with Gasteiger partial charge in [0.15, 0.2) is 0 Å². The fourth-order valence-electron chi connectivity index (χ4n) is 2.60. The normalized spacial score (nSPS) is 24.1. The molecule has 0 spiro atoms. The molecule has 0 amide bonds. The summed E-state index contributed by atoms with van der Waals surface area (Å²) < 4.78 is 0.969.